The van der Waals surface area contributed by atoms with E-state index in [2.05, 4.69) is 61.2 Å². The Kier molecular flexibility index (Phi) is 7.61. The van der Waals surface area contributed by atoms with Crippen LogP contribution in [0.4, 0.5) is 8.78 Å². The number of benzene rings is 2. The van der Waals surface area contributed by atoms with E-state index in [9.17, 15) is 8.78 Å². The van der Waals surface area contributed by atoms with Crippen LogP contribution in [0.25, 0.3) is 0 Å². The molecule has 0 aliphatic heterocycles. The zero-order valence-electron chi connectivity index (χ0n) is 17.2. The maximum Gasteiger partial charge on any atom is 0.138 e. The van der Waals surface area contributed by atoms with Crippen molar-refractivity contribution in [3.63, 3.8) is 0 Å². The van der Waals surface area contributed by atoms with Gasteiger partial charge in [-0.05, 0) is 55.3 Å². The summed E-state index contributed by atoms with van der Waals surface area (Å²) in [7, 11) is 0. The van der Waals surface area contributed by atoms with Crippen LogP contribution in [-0.4, -0.2) is 29.8 Å². The summed E-state index contributed by atoms with van der Waals surface area (Å²) in [4.78, 5) is 2.60. The number of hydrogen-bond donors (Lipinski definition) is 0. The Bertz CT molecular complexity index is 700. The molecule has 3 rings (SSSR count). The zero-order chi connectivity index (χ0) is 19.9. The summed E-state index contributed by atoms with van der Waals surface area (Å²) in [6.07, 6.45) is 2.14. The van der Waals surface area contributed by atoms with Crippen LogP contribution in [0.5, 0.6) is 0 Å². The van der Waals surface area contributed by atoms with Gasteiger partial charge >= 0.3 is 0 Å². The van der Waals surface area contributed by atoms with Crippen molar-refractivity contribution in [1.29, 1.82) is 0 Å². The van der Waals surface area contributed by atoms with E-state index in [1.165, 1.54) is 11.1 Å². The summed E-state index contributed by atoms with van der Waals surface area (Å²) >= 11 is 0. The molecular weight excluding hydrogens is 352 g/mol. The maximum atomic E-state index is 13.6. The number of nitrogens with zero attached hydrogens (tertiary/aromatic N) is 1. The van der Waals surface area contributed by atoms with Gasteiger partial charge in [-0.1, -0.05) is 68.4 Å². The quantitative estimate of drug-likeness (QED) is 0.453. The fourth-order valence-corrected chi connectivity index (χ4v) is 4.28. The lowest BCUT2D eigenvalue weighted by atomic mass is 9.76. The van der Waals surface area contributed by atoms with Gasteiger partial charge in [0.15, 0.2) is 0 Å². The largest absolute Gasteiger partial charge is 0.296 e. The highest BCUT2D eigenvalue weighted by atomic mass is 19.2. The number of alkyl halides is 2. The fraction of sp³-hybridized carbons (Fsp3) is 0.520. The molecule has 1 nitrogen and oxygen atoms in total. The van der Waals surface area contributed by atoms with Crippen LogP contribution in [0.1, 0.15) is 62.1 Å². The van der Waals surface area contributed by atoms with Crippen LogP contribution < -0.4 is 0 Å². The van der Waals surface area contributed by atoms with Gasteiger partial charge in [-0.15, -0.1) is 0 Å². The molecule has 0 N–H and O–H groups in total. The van der Waals surface area contributed by atoms with E-state index < -0.39 is 12.3 Å². The molecule has 1 aliphatic rings. The van der Waals surface area contributed by atoms with Gasteiger partial charge in [0.2, 0.25) is 0 Å². The topological polar surface area (TPSA) is 3.24 Å². The van der Waals surface area contributed by atoms with Crippen molar-refractivity contribution in [2.24, 2.45) is 0 Å². The third kappa shape index (κ3) is 5.20. The van der Waals surface area contributed by atoms with Crippen molar-refractivity contribution in [3.05, 3.63) is 71.3 Å². The van der Waals surface area contributed by atoms with Gasteiger partial charge in [0.25, 0.3) is 0 Å². The molecule has 1 aliphatic carbocycles. The third-order valence-electron chi connectivity index (χ3n) is 6.11. The minimum atomic E-state index is -1.32. The standard InChI is InChI=1S/C25H33F2N/c1-3-16-28(18-20-8-6-5-7-9-20)22(4-2)15-12-19-10-13-21(14-11-19)23-17-24(26)25(23)27/h5-11,13-14,22-25H,3-4,12,15-18H2,1-2H3. The van der Waals surface area contributed by atoms with Gasteiger partial charge < -0.3 is 0 Å². The highest BCUT2D eigenvalue weighted by Crippen LogP contribution is 2.41. The Morgan fingerprint density at radius 2 is 1.68 bits per heavy atom. The molecule has 0 amide bonds. The Hall–Kier alpha value is -1.74. The van der Waals surface area contributed by atoms with Gasteiger partial charge in [0, 0.05) is 18.5 Å². The molecule has 0 saturated heterocycles. The molecule has 1 fully saturated rings. The Morgan fingerprint density at radius 3 is 2.25 bits per heavy atom. The molecule has 0 aromatic heterocycles. The van der Waals surface area contributed by atoms with Gasteiger partial charge in [0.1, 0.15) is 12.3 Å². The lowest BCUT2D eigenvalue weighted by Gasteiger charge is -2.34. The zero-order valence-corrected chi connectivity index (χ0v) is 17.2. The molecule has 1 saturated carbocycles. The summed E-state index contributed by atoms with van der Waals surface area (Å²) in [6.45, 7) is 6.61. The SMILES string of the molecule is CCCN(Cc1ccccc1)C(CC)CCc1ccc(C2CC(F)C2F)cc1. The van der Waals surface area contributed by atoms with Crippen molar-refractivity contribution in [3.8, 4) is 0 Å². The van der Waals surface area contributed by atoms with Crippen molar-refractivity contribution in [1.82, 2.24) is 4.90 Å². The van der Waals surface area contributed by atoms with Crippen LogP contribution >= 0.6 is 0 Å². The lowest BCUT2D eigenvalue weighted by Crippen LogP contribution is -2.38. The molecule has 2 aromatic carbocycles. The molecule has 3 heteroatoms. The predicted octanol–water partition coefficient (Wildman–Crippen LogP) is 6.47. The minimum absolute atomic E-state index is 0.252. The second kappa shape index (κ2) is 10.2. The van der Waals surface area contributed by atoms with Crippen LogP contribution in [0.2, 0.25) is 0 Å². The van der Waals surface area contributed by atoms with E-state index in [1.807, 2.05) is 12.1 Å². The average molecular weight is 386 g/mol. The number of rotatable bonds is 10. The monoisotopic (exact) mass is 385 g/mol. The van der Waals surface area contributed by atoms with Crippen LogP contribution in [-0.2, 0) is 13.0 Å². The van der Waals surface area contributed by atoms with Crippen molar-refractivity contribution in [2.75, 3.05) is 6.54 Å². The number of halogens is 2. The van der Waals surface area contributed by atoms with E-state index in [0.29, 0.717) is 12.5 Å². The van der Waals surface area contributed by atoms with Crippen molar-refractivity contribution >= 4 is 0 Å². The molecule has 152 valence electrons. The molecule has 0 bridgehead atoms. The molecule has 0 radical (unpaired) electrons. The first-order chi connectivity index (χ1) is 13.6. The summed E-state index contributed by atoms with van der Waals surface area (Å²) < 4.78 is 26.7. The molecule has 0 heterocycles. The van der Waals surface area contributed by atoms with Gasteiger partial charge in [0.05, 0.1) is 0 Å². The summed E-state index contributed by atoms with van der Waals surface area (Å²) in [5, 5.41) is 0. The summed E-state index contributed by atoms with van der Waals surface area (Å²) in [6, 6.07) is 19.4. The first-order valence-corrected chi connectivity index (χ1v) is 10.8. The van der Waals surface area contributed by atoms with E-state index in [4.69, 9.17) is 0 Å². The van der Waals surface area contributed by atoms with Crippen LogP contribution in [0.15, 0.2) is 54.6 Å². The molecule has 0 spiro atoms. The molecule has 2 aromatic rings. The predicted molar refractivity (Wildman–Crippen MR) is 113 cm³/mol. The molecular formula is C25H33F2N. The van der Waals surface area contributed by atoms with Gasteiger partial charge in [-0.3, -0.25) is 4.90 Å². The highest BCUT2D eigenvalue weighted by molar-refractivity contribution is 5.29. The first kappa shape index (κ1) is 21.0. The first-order valence-electron chi connectivity index (χ1n) is 10.8. The normalized spacial score (nSPS) is 22.8. The average Bonchev–Trinajstić information content (AvgIpc) is 2.73. The Labute approximate surface area is 168 Å². The van der Waals surface area contributed by atoms with E-state index in [-0.39, 0.29) is 5.92 Å². The fourth-order valence-electron chi connectivity index (χ4n) is 4.28. The minimum Gasteiger partial charge on any atom is -0.296 e. The number of aryl methyl sites for hydroxylation is 1. The van der Waals surface area contributed by atoms with E-state index in [0.717, 1.165) is 44.3 Å². The molecule has 4 atom stereocenters. The summed E-state index contributed by atoms with van der Waals surface area (Å²) in [5.41, 5.74) is 3.59. The molecule has 4 unspecified atom stereocenters. The second-order valence-corrected chi connectivity index (χ2v) is 8.10. The lowest BCUT2D eigenvalue weighted by molar-refractivity contribution is 0.0428. The van der Waals surface area contributed by atoms with Gasteiger partial charge in [-0.25, -0.2) is 8.78 Å². The smallest absolute Gasteiger partial charge is 0.138 e. The summed E-state index contributed by atoms with van der Waals surface area (Å²) in [5.74, 6) is -0.252. The van der Waals surface area contributed by atoms with Crippen LogP contribution in [0, 0.1) is 0 Å². The van der Waals surface area contributed by atoms with E-state index >= 15 is 0 Å². The third-order valence-corrected chi connectivity index (χ3v) is 6.11. The van der Waals surface area contributed by atoms with Crippen LogP contribution in [0.3, 0.4) is 0 Å². The highest BCUT2D eigenvalue weighted by Gasteiger charge is 2.42. The number of hydrogen-bond acceptors (Lipinski definition) is 1. The second-order valence-electron chi connectivity index (χ2n) is 8.10. The van der Waals surface area contributed by atoms with Gasteiger partial charge in [-0.2, -0.15) is 0 Å². The Morgan fingerprint density at radius 1 is 0.964 bits per heavy atom. The van der Waals surface area contributed by atoms with E-state index in [1.54, 1.807) is 0 Å². The van der Waals surface area contributed by atoms with Crippen molar-refractivity contribution in [2.45, 2.75) is 76.8 Å². The molecule has 28 heavy (non-hydrogen) atoms. The maximum absolute atomic E-state index is 13.6. The van der Waals surface area contributed by atoms with Crippen molar-refractivity contribution < 1.29 is 8.78 Å². The Balaban J connectivity index is 1.57.